The van der Waals surface area contributed by atoms with Crippen LogP contribution >= 0.6 is 0 Å². The molecular formula is C26H24O5. The Balaban J connectivity index is 1.63. The number of carbonyl (C=O) groups is 1. The SMILES string of the molecule is C=C(c1ccc(C(=O)OCC)cc1)c1cc2c(cc1OCc1ccccc1)OCCO2. The number of ether oxygens (including phenoxy) is 4. The van der Waals surface area contributed by atoms with Crippen molar-refractivity contribution in [3.8, 4) is 17.2 Å². The van der Waals surface area contributed by atoms with E-state index in [4.69, 9.17) is 18.9 Å². The van der Waals surface area contributed by atoms with Gasteiger partial charge >= 0.3 is 5.97 Å². The van der Waals surface area contributed by atoms with E-state index in [9.17, 15) is 4.79 Å². The van der Waals surface area contributed by atoms with Crippen molar-refractivity contribution in [2.24, 2.45) is 0 Å². The second kappa shape index (κ2) is 9.39. The molecule has 1 heterocycles. The zero-order chi connectivity index (χ0) is 21.6. The number of hydrogen-bond acceptors (Lipinski definition) is 5. The van der Waals surface area contributed by atoms with E-state index < -0.39 is 0 Å². The molecule has 5 heteroatoms. The van der Waals surface area contributed by atoms with Crippen LogP contribution in [0.3, 0.4) is 0 Å². The predicted octanol–water partition coefficient (Wildman–Crippen LogP) is 5.28. The fraction of sp³-hybridized carbons (Fsp3) is 0.192. The summed E-state index contributed by atoms with van der Waals surface area (Å²) in [6.07, 6.45) is 0. The molecule has 5 nitrogen and oxygen atoms in total. The number of hydrogen-bond donors (Lipinski definition) is 0. The van der Waals surface area contributed by atoms with Crippen LogP contribution < -0.4 is 14.2 Å². The Kier molecular flexibility index (Phi) is 6.22. The molecule has 1 aliphatic rings. The first-order valence-electron chi connectivity index (χ1n) is 10.2. The lowest BCUT2D eigenvalue weighted by Crippen LogP contribution is -2.15. The lowest BCUT2D eigenvalue weighted by molar-refractivity contribution is 0.0526. The van der Waals surface area contributed by atoms with E-state index in [1.54, 1.807) is 19.1 Å². The molecule has 0 saturated heterocycles. The maximum Gasteiger partial charge on any atom is 0.338 e. The second-order valence-electron chi connectivity index (χ2n) is 7.04. The van der Waals surface area contributed by atoms with Gasteiger partial charge < -0.3 is 18.9 Å². The number of rotatable bonds is 7. The van der Waals surface area contributed by atoms with E-state index in [1.807, 2.05) is 54.6 Å². The minimum absolute atomic E-state index is 0.340. The van der Waals surface area contributed by atoms with Crippen LogP contribution in [0.25, 0.3) is 5.57 Å². The van der Waals surface area contributed by atoms with Crippen LogP contribution in [0.4, 0.5) is 0 Å². The predicted molar refractivity (Wildman–Crippen MR) is 119 cm³/mol. The molecule has 0 bridgehead atoms. The highest BCUT2D eigenvalue weighted by Gasteiger charge is 2.19. The topological polar surface area (TPSA) is 54.0 Å². The van der Waals surface area contributed by atoms with Gasteiger partial charge in [-0.1, -0.05) is 49.0 Å². The minimum atomic E-state index is -0.342. The lowest BCUT2D eigenvalue weighted by atomic mass is 9.97. The van der Waals surface area contributed by atoms with Crippen LogP contribution in [0.2, 0.25) is 0 Å². The van der Waals surface area contributed by atoms with Gasteiger partial charge in [-0.15, -0.1) is 0 Å². The van der Waals surface area contributed by atoms with Gasteiger partial charge in [-0.05, 0) is 41.8 Å². The summed E-state index contributed by atoms with van der Waals surface area (Å²) in [4.78, 5) is 11.9. The van der Waals surface area contributed by atoms with Crippen LogP contribution in [-0.4, -0.2) is 25.8 Å². The van der Waals surface area contributed by atoms with E-state index >= 15 is 0 Å². The monoisotopic (exact) mass is 416 g/mol. The molecule has 0 saturated carbocycles. The van der Waals surface area contributed by atoms with Gasteiger partial charge in [0.05, 0.1) is 12.2 Å². The van der Waals surface area contributed by atoms with Gasteiger partial charge in [0.2, 0.25) is 0 Å². The molecule has 0 atom stereocenters. The summed E-state index contributed by atoms with van der Waals surface area (Å²) < 4.78 is 22.7. The maximum absolute atomic E-state index is 11.9. The molecule has 1 aliphatic heterocycles. The number of fused-ring (bicyclic) bond motifs is 1. The normalized spacial score (nSPS) is 12.2. The summed E-state index contributed by atoms with van der Waals surface area (Å²) in [5.74, 6) is 1.64. The van der Waals surface area contributed by atoms with Crippen molar-refractivity contribution in [1.29, 1.82) is 0 Å². The lowest BCUT2D eigenvalue weighted by Gasteiger charge is -2.22. The van der Waals surface area contributed by atoms with Gasteiger partial charge in [0.15, 0.2) is 11.5 Å². The van der Waals surface area contributed by atoms with Crippen LogP contribution in [0.5, 0.6) is 17.2 Å². The smallest absolute Gasteiger partial charge is 0.338 e. The third-order valence-corrected chi connectivity index (χ3v) is 4.95. The Bertz CT molecular complexity index is 1070. The highest BCUT2D eigenvalue weighted by Crippen LogP contribution is 2.41. The van der Waals surface area contributed by atoms with Crippen LogP contribution in [-0.2, 0) is 11.3 Å². The molecule has 4 rings (SSSR count). The number of esters is 1. The van der Waals surface area contributed by atoms with E-state index in [1.165, 1.54) is 0 Å². The summed E-state index contributed by atoms with van der Waals surface area (Å²) >= 11 is 0. The zero-order valence-electron chi connectivity index (χ0n) is 17.4. The van der Waals surface area contributed by atoms with Crippen LogP contribution in [0.15, 0.2) is 73.3 Å². The molecule has 0 aliphatic carbocycles. The van der Waals surface area contributed by atoms with Gasteiger partial charge in [0.25, 0.3) is 0 Å². The fourth-order valence-corrected chi connectivity index (χ4v) is 3.34. The van der Waals surface area contributed by atoms with Crippen LogP contribution in [0.1, 0.15) is 34.0 Å². The van der Waals surface area contributed by atoms with E-state index in [0.29, 0.717) is 49.2 Å². The molecule has 0 N–H and O–H groups in total. The molecule has 0 unspecified atom stereocenters. The molecule has 0 fully saturated rings. The Morgan fingerprint density at radius 2 is 1.58 bits per heavy atom. The Morgan fingerprint density at radius 1 is 0.935 bits per heavy atom. The van der Waals surface area contributed by atoms with Crippen molar-refractivity contribution < 1.29 is 23.7 Å². The molecular weight excluding hydrogens is 392 g/mol. The van der Waals surface area contributed by atoms with Crippen LogP contribution in [0, 0.1) is 0 Å². The zero-order valence-corrected chi connectivity index (χ0v) is 17.4. The third kappa shape index (κ3) is 4.72. The van der Waals surface area contributed by atoms with Gasteiger partial charge in [0.1, 0.15) is 25.6 Å². The van der Waals surface area contributed by atoms with Crippen molar-refractivity contribution in [3.63, 3.8) is 0 Å². The van der Waals surface area contributed by atoms with Gasteiger partial charge in [-0.25, -0.2) is 4.79 Å². The van der Waals surface area contributed by atoms with Crippen molar-refractivity contribution in [2.45, 2.75) is 13.5 Å². The fourth-order valence-electron chi connectivity index (χ4n) is 3.34. The molecule has 0 radical (unpaired) electrons. The molecule has 158 valence electrons. The summed E-state index contributed by atoms with van der Waals surface area (Å²) in [7, 11) is 0. The summed E-state index contributed by atoms with van der Waals surface area (Å²) in [6, 6.07) is 20.9. The first kappa shape index (κ1) is 20.5. The highest BCUT2D eigenvalue weighted by atomic mass is 16.6. The Hall–Kier alpha value is -3.73. The van der Waals surface area contributed by atoms with Crippen molar-refractivity contribution in [2.75, 3.05) is 19.8 Å². The first-order chi connectivity index (χ1) is 15.2. The van der Waals surface area contributed by atoms with E-state index in [-0.39, 0.29) is 5.97 Å². The molecule has 31 heavy (non-hydrogen) atoms. The Morgan fingerprint density at radius 3 is 2.26 bits per heavy atom. The van der Waals surface area contributed by atoms with Gasteiger partial charge in [-0.3, -0.25) is 0 Å². The standard InChI is InChI=1S/C26H24O5/c1-3-28-26(27)21-11-9-20(10-12-21)18(2)22-15-24-25(30-14-13-29-24)16-23(22)31-17-19-7-5-4-6-8-19/h4-12,15-16H,2-3,13-14,17H2,1H3. The highest BCUT2D eigenvalue weighted by molar-refractivity contribution is 5.90. The van der Waals surface area contributed by atoms with Crippen molar-refractivity contribution >= 4 is 11.5 Å². The largest absolute Gasteiger partial charge is 0.488 e. The summed E-state index contributed by atoms with van der Waals surface area (Å²) in [6.45, 7) is 7.82. The van der Waals surface area contributed by atoms with Crippen molar-refractivity contribution in [1.82, 2.24) is 0 Å². The number of carbonyl (C=O) groups excluding carboxylic acids is 1. The third-order valence-electron chi connectivity index (χ3n) is 4.95. The molecule has 3 aromatic rings. The average molecular weight is 416 g/mol. The molecule has 0 spiro atoms. The quantitative estimate of drug-likeness (QED) is 0.491. The number of benzene rings is 3. The molecule has 0 amide bonds. The summed E-state index contributed by atoms with van der Waals surface area (Å²) in [5.41, 5.74) is 4.00. The van der Waals surface area contributed by atoms with Gasteiger partial charge in [-0.2, -0.15) is 0 Å². The van der Waals surface area contributed by atoms with Crippen molar-refractivity contribution in [3.05, 3.63) is 95.6 Å². The Labute approximate surface area is 181 Å². The average Bonchev–Trinajstić information content (AvgIpc) is 2.82. The maximum atomic E-state index is 11.9. The van der Waals surface area contributed by atoms with E-state index in [0.717, 1.165) is 22.3 Å². The molecule has 0 aromatic heterocycles. The summed E-state index contributed by atoms with van der Waals surface area (Å²) in [5, 5.41) is 0. The van der Waals surface area contributed by atoms with E-state index in [2.05, 4.69) is 6.58 Å². The minimum Gasteiger partial charge on any atom is -0.488 e. The van der Waals surface area contributed by atoms with Gasteiger partial charge in [0, 0.05) is 11.6 Å². The molecule has 3 aromatic carbocycles. The second-order valence-corrected chi connectivity index (χ2v) is 7.04. The first-order valence-corrected chi connectivity index (χ1v) is 10.2.